The number of aromatic nitrogens is 3. The number of hydrogen-bond acceptors (Lipinski definition) is 4. The number of nitrogens with one attached hydrogen (secondary N) is 2. The zero-order valence-electron chi connectivity index (χ0n) is 16.9. The predicted octanol–water partition coefficient (Wildman–Crippen LogP) is 4.88. The summed E-state index contributed by atoms with van der Waals surface area (Å²) in [5.74, 6) is -2.12. The summed E-state index contributed by atoms with van der Waals surface area (Å²) in [5.41, 5.74) is -2.70. The number of benzene rings is 2. The molecular formula is C20H14ClF5N6O. The van der Waals surface area contributed by atoms with Crippen LogP contribution in [0.25, 0.3) is 5.69 Å². The van der Waals surface area contributed by atoms with Crippen LogP contribution < -0.4 is 10.6 Å². The van der Waals surface area contributed by atoms with E-state index in [0.29, 0.717) is 0 Å². The van der Waals surface area contributed by atoms with Gasteiger partial charge in [-0.3, -0.25) is 10.3 Å². The van der Waals surface area contributed by atoms with Gasteiger partial charge in [0, 0.05) is 12.6 Å². The second-order valence-corrected chi connectivity index (χ2v) is 7.36. The van der Waals surface area contributed by atoms with Gasteiger partial charge in [-0.1, -0.05) is 17.7 Å². The van der Waals surface area contributed by atoms with Crippen molar-refractivity contribution in [3.05, 3.63) is 69.5 Å². The molecule has 172 valence electrons. The largest absolute Gasteiger partial charge is 0.417 e. The number of aliphatic imine (C=N–C) groups is 1. The highest BCUT2D eigenvalue weighted by Crippen LogP contribution is 2.42. The maximum Gasteiger partial charge on any atom is 0.417 e. The van der Waals surface area contributed by atoms with Crippen LogP contribution in [-0.2, 0) is 6.18 Å². The van der Waals surface area contributed by atoms with E-state index in [0.717, 1.165) is 35.0 Å². The van der Waals surface area contributed by atoms with Crippen molar-refractivity contribution in [2.24, 2.45) is 4.99 Å². The zero-order valence-corrected chi connectivity index (χ0v) is 17.7. The molecule has 1 aliphatic rings. The van der Waals surface area contributed by atoms with Gasteiger partial charge in [-0.2, -0.15) is 18.2 Å². The van der Waals surface area contributed by atoms with Crippen LogP contribution in [-0.4, -0.2) is 33.6 Å². The smallest absolute Gasteiger partial charge is 0.341 e. The lowest BCUT2D eigenvalue weighted by atomic mass is 9.97. The number of halogens is 6. The molecular weight excluding hydrogens is 471 g/mol. The van der Waals surface area contributed by atoms with Crippen LogP contribution in [0.3, 0.4) is 0 Å². The third-order valence-corrected chi connectivity index (χ3v) is 5.26. The summed E-state index contributed by atoms with van der Waals surface area (Å²) in [6.45, 7) is 1.51. The molecule has 1 aromatic heterocycles. The second kappa shape index (κ2) is 8.10. The van der Waals surface area contributed by atoms with E-state index >= 15 is 0 Å². The highest BCUT2D eigenvalue weighted by atomic mass is 35.5. The van der Waals surface area contributed by atoms with Crippen molar-refractivity contribution in [1.29, 1.82) is 0 Å². The van der Waals surface area contributed by atoms with Crippen molar-refractivity contribution < 1.29 is 26.7 Å². The molecule has 4 rings (SSSR count). The molecule has 0 bridgehead atoms. The van der Waals surface area contributed by atoms with Gasteiger partial charge >= 0.3 is 12.2 Å². The predicted molar refractivity (Wildman–Crippen MR) is 110 cm³/mol. The third kappa shape index (κ3) is 3.90. The average molecular weight is 485 g/mol. The number of amides is 2. The fourth-order valence-electron chi connectivity index (χ4n) is 3.40. The van der Waals surface area contributed by atoms with E-state index in [1.165, 1.54) is 14.0 Å². The molecule has 7 nitrogen and oxygen atoms in total. The summed E-state index contributed by atoms with van der Waals surface area (Å²) in [4.78, 5) is 20.1. The van der Waals surface area contributed by atoms with Gasteiger partial charge in [-0.25, -0.2) is 18.3 Å². The molecule has 33 heavy (non-hydrogen) atoms. The fourth-order valence-corrected chi connectivity index (χ4v) is 3.76. The summed E-state index contributed by atoms with van der Waals surface area (Å²) < 4.78 is 71.3. The van der Waals surface area contributed by atoms with Crippen molar-refractivity contribution in [2.45, 2.75) is 19.1 Å². The standard InChI is InChI=1S/C20H14ClF5N6O/c1-8-17-29-18(30-19(33)27-2)31-32(17)12-7-6-9(20(24,25)26)15(21)14(12)16(28-8)13-10(22)4-3-5-11(13)23/h3-8H,1-2H3,(H2,27,30,31,33)/t8-/m0/s1. The van der Waals surface area contributed by atoms with Crippen LogP contribution in [0.5, 0.6) is 0 Å². The minimum atomic E-state index is -4.85. The van der Waals surface area contributed by atoms with E-state index in [4.69, 9.17) is 11.6 Å². The van der Waals surface area contributed by atoms with Gasteiger partial charge in [-0.05, 0) is 31.2 Å². The highest BCUT2D eigenvalue weighted by Gasteiger charge is 2.38. The number of carbonyl (C=O) groups excluding carboxylic acids is 1. The van der Waals surface area contributed by atoms with Crippen molar-refractivity contribution in [3.63, 3.8) is 0 Å². The van der Waals surface area contributed by atoms with Crippen LogP contribution in [0.1, 0.15) is 35.5 Å². The number of anilines is 1. The Bertz CT molecular complexity index is 1280. The molecule has 13 heteroatoms. The molecule has 2 amide bonds. The minimum Gasteiger partial charge on any atom is -0.341 e. The maximum atomic E-state index is 14.7. The lowest BCUT2D eigenvalue weighted by Gasteiger charge is -2.17. The number of urea groups is 1. The molecule has 1 atom stereocenters. The van der Waals surface area contributed by atoms with Gasteiger partial charge < -0.3 is 5.32 Å². The normalized spacial score (nSPS) is 15.3. The SMILES string of the molecule is CNC(=O)Nc1nc2n(n1)-c1ccc(C(F)(F)F)c(Cl)c1C(c1c(F)cccc1F)=N[C@H]2C. The molecule has 0 radical (unpaired) electrons. The lowest BCUT2D eigenvalue weighted by molar-refractivity contribution is -0.137. The maximum absolute atomic E-state index is 14.7. The fraction of sp³-hybridized carbons (Fsp3) is 0.200. The quantitative estimate of drug-likeness (QED) is 0.508. The molecule has 0 aliphatic carbocycles. The van der Waals surface area contributed by atoms with Crippen molar-refractivity contribution in [3.8, 4) is 5.69 Å². The van der Waals surface area contributed by atoms with Gasteiger partial charge in [0.2, 0.25) is 0 Å². The van der Waals surface area contributed by atoms with Crippen LogP contribution in [0.15, 0.2) is 35.3 Å². The van der Waals surface area contributed by atoms with Gasteiger partial charge in [0.15, 0.2) is 5.82 Å². The monoisotopic (exact) mass is 484 g/mol. The molecule has 2 N–H and O–H groups in total. The zero-order chi connectivity index (χ0) is 24.1. The molecule has 2 heterocycles. The van der Waals surface area contributed by atoms with E-state index < -0.39 is 51.7 Å². The third-order valence-electron chi connectivity index (χ3n) is 4.87. The van der Waals surface area contributed by atoms with Crippen LogP contribution in [0.4, 0.5) is 32.7 Å². The summed E-state index contributed by atoms with van der Waals surface area (Å²) in [6.07, 6.45) is -4.85. The molecule has 0 saturated heterocycles. The van der Waals surface area contributed by atoms with E-state index in [-0.39, 0.29) is 23.0 Å². The Morgan fingerprint density at radius 3 is 2.39 bits per heavy atom. The van der Waals surface area contributed by atoms with Gasteiger partial charge in [0.1, 0.15) is 17.7 Å². The Balaban J connectivity index is 2.05. The summed E-state index contributed by atoms with van der Waals surface area (Å²) in [7, 11) is 1.37. The molecule has 2 aromatic carbocycles. The lowest BCUT2D eigenvalue weighted by Crippen LogP contribution is -2.25. The summed E-state index contributed by atoms with van der Waals surface area (Å²) in [5, 5.41) is 7.99. The molecule has 0 fully saturated rings. The highest BCUT2D eigenvalue weighted by molar-refractivity contribution is 6.37. The van der Waals surface area contributed by atoms with E-state index in [9.17, 15) is 26.7 Å². The Kier molecular flexibility index (Phi) is 5.56. The van der Waals surface area contributed by atoms with Gasteiger partial charge in [-0.15, -0.1) is 5.10 Å². The molecule has 0 spiro atoms. The number of rotatable bonds is 2. The van der Waals surface area contributed by atoms with Gasteiger partial charge in [0.25, 0.3) is 5.95 Å². The first-order valence-corrected chi connectivity index (χ1v) is 9.79. The summed E-state index contributed by atoms with van der Waals surface area (Å²) in [6, 6.07) is 3.26. The number of nitrogens with zero attached hydrogens (tertiary/aromatic N) is 4. The van der Waals surface area contributed by atoms with Crippen LogP contribution in [0, 0.1) is 11.6 Å². The molecule has 0 unspecified atom stereocenters. The first-order valence-electron chi connectivity index (χ1n) is 9.41. The van der Waals surface area contributed by atoms with Gasteiger partial charge in [0.05, 0.1) is 27.5 Å². The Morgan fingerprint density at radius 1 is 1.12 bits per heavy atom. The second-order valence-electron chi connectivity index (χ2n) is 6.98. The summed E-state index contributed by atoms with van der Waals surface area (Å²) >= 11 is 6.17. The Labute approximate surface area is 188 Å². The van der Waals surface area contributed by atoms with Crippen LogP contribution in [0.2, 0.25) is 5.02 Å². The van der Waals surface area contributed by atoms with Crippen molar-refractivity contribution in [2.75, 3.05) is 12.4 Å². The molecule has 1 aliphatic heterocycles. The number of carbonyl (C=O) groups is 1. The van der Waals surface area contributed by atoms with E-state index in [1.54, 1.807) is 0 Å². The Morgan fingerprint density at radius 2 is 1.79 bits per heavy atom. The topological polar surface area (TPSA) is 84.2 Å². The first kappa shape index (κ1) is 22.6. The number of fused-ring (bicyclic) bond motifs is 3. The van der Waals surface area contributed by atoms with E-state index in [1.807, 2.05) is 0 Å². The number of hydrogen-bond donors (Lipinski definition) is 2. The van der Waals surface area contributed by atoms with E-state index in [2.05, 4.69) is 25.7 Å². The van der Waals surface area contributed by atoms with Crippen molar-refractivity contribution >= 4 is 29.3 Å². The van der Waals surface area contributed by atoms with Crippen molar-refractivity contribution in [1.82, 2.24) is 20.1 Å². The Hall–Kier alpha value is -3.54. The molecule has 0 saturated carbocycles. The minimum absolute atomic E-state index is 0.0498. The average Bonchev–Trinajstić information content (AvgIpc) is 3.10. The first-order chi connectivity index (χ1) is 15.5. The van der Waals surface area contributed by atoms with Crippen LogP contribution >= 0.6 is 11.6 Å². The number of alkyl halides is 3. The molecule has 3 aromatic rings.